The summed E-state index contributed by atoms with van der Waals surface area (Å²) >= 11 is 6.03. The van der Waals surface area contributed by atoms with Gasteiger partial charge in [-0.05, 0) is 37.3 Å². The molecule has 0 aliphatic carbocycles. The summed E-state index contributed by atoms with van der Waals surface area (Å²) in [5, 5.41) is 5.15. The van der Waals surface area contributed by atoms with Gasteiger partial charge in [-0.1, -0.05) is 17.7 Å². The Morgan fingerprint density at radius 1 is 1.17 bits per heavy atom. The maximum absolute atomic E-state index is 13.7. The van der Waals surface area contributed by atoms with E-state index < -0.39 is 40.9 Å². The van der Waals surface area contributed by atoms with E-state index in [1.807, 2.05) is 0 Å². The first-order valence-electron chi connectivity index (χ1n) is 8.25. The normalized spacial score (nSPS) is 16.6. The average molecular weight is 430 g/mol. The number of hydrogen-bond donors (Lipinski definition) is 2. The molecular weight excluding hydrogens is 417 g/mol. The number of halogens is 6. The van der Waals surface area contributed by atoms with Gasteiger partial charge < -0.3 is 10.6 Å². The number of nitrogens with one attached hydrogen (secondary N) is 2. The molecule has 0 fully saturated rings. The van der Waals surface area contributed by atoms with Crippen molar-refractivity contribution in [3.05, 3.63) is 81.8 Å². The molecule has 4 nitrogen and oxygen atoms in total. The van der Waals surface area contributed by atoms with E-state index in [-0.39, 0.29) is 22.1 Å². The molecule has 2 N–H and O–H groups in total. The first-order chi connectivity index (χ1) is 13.6. The third kappa shape index (κ3) is 4.40. The number of nitrogens with zero attached hydrogens (tertiary/aromatic N) is 1. The molecule has 1 aliphatic rings. The molecule has 29 heavy (non-hydrogen) atoms. The van der Waals surface area contributed by atoms with E-state index in [1.54, 1.807) is 6.92 Å². The molecule has 1 unspecified atom stereocenters. The van der Waals surface area contributed by atoms with Crippen LogP contribution in [0.5, 0.6) is 0 Å². The van der Waals surface area contributed by atoms with E-state index in [9.17, 15) is 26.7 Å². The van der Waals surface area contributed by atoms with Gasteiger partial charge in [-0.3, -0.25) is 9.79 Å². The first kappa shape index (κ1) is 20.8. The molecular formula is C19H13ClF5N3O. The minimum absolute atomic E-state index is 0.0250. The van der Waals surface area contributed by atoms with E-state index in [1.165, 1.54) is 0 Å². The quantitative estimate of drug-likeness (QED) is 0.698. The van der Waals surface area contributed by atoms with Gasteiger partial charge in [0.15, 0.2) is 0 Å². The highest BCUT2D eigenvalue weighted by molar-refractivity contribution is 6.34. The molecule has 0 saturated heterocycles. The van der Waals surface area contributed by atoms with Crippen molar-refractivity contribution in [2.24, 2.45) is 4.99 Å². The number of aliphatic imine (C=N–C) groups is 1. The van der Waals surface area contributed by atoms with Crippen molar-refractivity contribution in [3.8, 4) is 0 Å². The van der Waals surface area contributed by atoms with Crippen LogP contribution in [0.25, 0.3) is 0 Å². The summed E-state index contributed by atoms with van der Waals surface area (Å²) in [5.74, 6) is -3.09. The zero-order chi connectivity index (χ0) is 21.3. The zero-order valence-corrected chi connectivity index (χ0v) is 15.5. The van der Waals surface area contributed by atoms with Crippen LogP contribution in [0.3, 0.4) is 0 Å². The molecule has 152 valence electrons. The van der Waals surface area contributed by atoms with Gasteiger partial charge in [0, 0.05) is 10.6 Å². The Balaban J connectivity index is 1.88. The van der Waals surface area contributed by atoms with Gasteiger partial charge in [0.2, 0.25) is 0 Å². The van der Waals surface area contributed by atoms with Gasteiger partial charge in [-0.2, -0.15) is 13.2 Å². The molecule has 2 aromatic rings. The van der Waals surface area contributed by atoms with E-state index in [2.05, 4.69) is 15.6 Å². The van der Waals surface area contributed by atoms with Crippen LogP contribution in [-0.2, 0) is 6.18 Å². The molecule has 1 aliphatic heterocycles. The highest BCUT2D eigenvalue weighted by atomic mass is 35.5. The average Bonchev–Trinajstić information content (AvgIpc) is 2.61. The summed E-state index contributed by atoms with van der Waals surface area (Å²) in [6.07, 6.45) is -3.42. The summed E-state index contributed by atoms with van der Waals surface area (Å²) < 4.78 is 66.4. The lowest BCUT2D eigenvalue weighted by Gasteiger charge is -2.24. The Labute approximate surface area is 167 Å². The summed E-state index contributed by atoms with van der Waals surface area (Å²) in [7, 11) is 0. The lowest BCUT2D eigenvalue weighted by atomic mass is 10.0. The van der Waals surface area contributed by atoms with Crippen LogP contribution in [0.1, 0.15) is 28.4 Å². The van der Waals surface area contributed by atoms with Crippen molar-refractivity contribution in [2.45, 2.75) is 19.1 Å². The Hall–Kier alpha value is -2.94. The fraction of sp³-hybridized carbons (Fsp3) is 0.158. The Kier molecular flexibility index (Phi) is 5.61. The largest absolute Gasteiger partial charge is 0.416 e. The SMILES string of the molecule is CC1NC(NC(=O)c2c(F)cccc2F)=CN=C1c1cc(C(F)(F)F)ccc1Cl. The minimum Gasteiger partial charge on any atom is -0.362 e. The van der Waals surface area contributed by atoms with Crippen LogP contribution in [0.4, 0.5) is 22.0 Å². The molecule has 0 bridgehead atoms. The zero-order valence-electron chi connectivity index (χ0n) is 14.7. The van der Waals surface area contributed by atoms with Crippen molar-refractivity contribution < 1.29 is 26.7 Å². The second kappa shape index (κ2) is 7.82. The summed E-state index contributed by atoms with van der Waals surface area (Å²) in [5.41, 5.74) is -1.37. The second-order valence-corrected chi connectivity index (χ2v) is 6.57. The van der Waals surface area contributed by atoms with Crippen molar-refractivity contribution in [3.63, 3.8) is 0 Å². The molecule has 0 aromatic heterocycles. The third-order valence-corrected chi connectivity index (χ3v) is 4.45. The number of hydrogen-bond acceptors (Lipinski definition) is 3. The molecule has 1 amide bonds. The van der Waals surface area contributed by atoms with Crippen LogP contribution < -0.4 is 10.6 Å². The molecule has 0 spiro atoms. The number of carbonyl (C=O) groups is 1. The lowest BCUT2D eigenvalue weighted by Crippen LogP contribution is -2.43. The Morgan fingerprint density at radius 3 is 2.41 bits per heavy atom. The highest BCUT2D eigenvalue weighted by Gasteiger charge is 2.32. The van der Waals surface area contributed by atoms with Crippen molar-refractivity contribution in [1.82, 2.24) is 10.6 Å². The fourth-order valence-corrected chi connectivity index (χ4v) is 2.97. The minimum atomic E-state index is -4.55. The second-order valence-electron chi connectivity index (χ2n) is 6.17. The molecule has 0 radical (unpaired) electrons. The van der Waals surface area contributed by atoms with E-state index in [0.29, 0.717) is 0 Å². The van der Waals surface area contributed by atoms with Crippen LogP contribution in [0.15, 0.2) is 53.4 Å². The van der Waals surface area contributed by atoms with Gasteiger partial charge >= 0.3 is 6.18 Å². The smallest absolute Gasteiger partial charge is 0.362 e. The highest BCUT2D eigenvalue weighted by Crippen LogP contribution is 2.32. The van der Waals surface area contributed by atoms with Gasteiger partial charge in [0.05, 0.1) is 23.5 Å². The molecule has 3 rings (SSSR count). The maximum Gasteiger partial charge on any atom is 0.416 e. The Morgan fingerprint density at radius 2 is 1.83 bits per heavy atom. The predicted octanol–water partition coefficient (Wildman–Crippen LogP) is 4.65. The topological polar surface area (TPSA) is 53.5 Å². The number of amides is 1. The maximum atomic E-state index is 13.7. The van der Waals surface area contributed by atoms with Gasteiger partial charge in [0.1, 0.15) is 23.0 Å². The summed E-state index contributed by atoms with van der Waals surface area (Å²) in [6, 6.07) is 5.21. The van der Waals surface area contributed by atoms with Gasteiger partial charge in [0.25, 0.3) is 5.91 Å². The fourth-order valence-electron chi connectivity index (χ4n) is 2.75. The predicted molar refractivity (Wildman–Crippen MR) is 97.5 cm³/mol. The molecule has 1 atom stereocenters. The van der Waals surface area contributed by atoms with Gasteiger partial charge in [-0.15, -0.1) is 0 Å². The van der Waals surface area contributed by atoms with E-state index >= 15 is 0 Å². The Bertz CT molecular complexity index is 1010. The molecule has 10 heteroatoms. The third-order valence-electron chi connectivity index (χ3n) is 4.12. The van der Waals surface area contributed by atoms with E-state index in [0.717, 1.165) is 42.6 Å². The standard InChI is InChI=1S/C19H13ClF5N3O/c1-9-17(11-7-10(19(23,24)25)5-6-12(11)20)26-8-15(27-9)28-18(29)16-13(21)3-2-4-14(16)22/h2-9,27H,1H3,(H,28,29). The molecule has 1 heterocycles. The van der Waals surface area contributed by atoms with E-state index in [4.69, 9.17) is 11.6 Å². The van der Waals surface area contributed by atoms with Crippen LogP contribution >= 0.6 is 11.6 Å². The van der Waals surface area contributed by atoms with Crippen molar-refractivity contribution in [1.29, 1.82) is 0 Å². The van der Waals surface area contributed by atoms with Gasteiger partial charge in [-0.25, -0.2) is 8.78 Å². The lowest BCUT2D eigenvalue weighted by molar-refractivity contribution is -0.137. The summed E-state index contributed by atoms with van der Waals surface area (Å²) in [4.78, 5) is 16.2. The van der Waals surface area contributed by atoms with Crippen molar-refractivity contribution in [2.75, 3.05) is 0 Å². The van der Waals surface area contributed by atoms with Crippen molar-refractivity contribution >= 4 is 23.2 Å². The number of carbonyl (C=O) groups excluding carboxylic acids is 1. The number of rotatable bonds is 3. The van der Waals surface area contributed by atoms with Crippen LogP contribution in [0, 0.1) is 11.6 Å². The monoisotopic (exact) mass is 429 g/mol. The molecule has 2 aromatic carbocycles. The number of alkyl halides is 3. The first-order valence-corrected chi connectivity index (χ1v) is 8.62. The number of benzene rings is 2. The van der Waals surface area contributed by atoms with Crippen LogP contribution in [0.2, 0.25) is 5.02 Å². The summed E-state index contributed by atoms with van der Waals surface area (Å²) in [6.45, 7) is 1.58. The molecule has 0 saturated carbocycles. The van der Waals surface area contributed by atoms with Crippen LogP contribution in [-0.4, -0.2) is 17.7 Å².